The van der Waals surface area contributed by atoms with Gasteiger partial charge in [0.25, 0.3) is 0 Å². The molecule has 4 aromatic carbocycles. The molecule has 0 amide bonds. The minimum Gasteiger partial charge on any atom is -0.465 e. The number of carbonyl (C=O) groups excluding carboxylic acids is 1. The number of methoxy groups -OCH3 is 1. The molecule has 0 spiro atoms. The fraction of sp³-hybridized carbons (Fsp3) is 0.0417. The Morgan fingerprint density at radius 2 is 1.43 bits per heavy atom. The van der Waals surface area contributed by atoms with E-state index in [0.717, 1.165) is 21.9 Å². The van der Waals surface area contributed by atoms with Crippen LogP contribution >= 0.6 is 0 Å². The van der Waals surface area contributed by atoms with Crippen LogP contribution in [0, 0.1) is 5.82 Å². The van der Waals surface area contributed by atoms with Gasteiger partial charge in [0.1, 0.15) is 5.82 Å². The van der Waals surface area contributed by atoms with Gasteiger partial charge in [0, 0.05) is 0 Å². The summed E-state index contributed by atoms with van der Waals surface area (Å²) in [7, 11) is -2.72. The van der Waals surface area contributed by atoms with Crippen molar-refractivity contribution in [3.63, 3.8) is 0 Å². The molecule has 4 nitrogen and oxygen atoms in total. The summed E-state index contributed by atoms with van der Waals surface area (Å²) in [5.41, 5.74) is 1.75. The second-order valence-electron chi connectivity index (χ2n) is 6.72. The van der Waals surface area contributed by atoms with Crippen molar-refractivity contribution in [2.75, 3.05) is 7.11 Å². The lowest BCUT2D eigenvalue weighted by Gasteiger charge is -2.10. The molecule has 0 aliphatic carbocycles. The molecule has 0 aliphatic heterocycles. The van der Waals surface area contributed by atoms with E-state index in [1.54, 1.807) is 36.4 Å². The maximum absolute atomic E-state index is 13.2. The third-order valence-electron chi connectivity index (χ3n) is 4.88. The Hall–Kier alpha value is -3.51. The molecule has 0 aliphatic rings. The molecule has 4 aromatic rings. The summed E-state index contributed by atoms with van der Waals surface area (Å²) in [5, 5.41) is 1.58. The normalized spacial score (nSPS) is 11.4. The molecular weight excluding hydrogens is 403 g/mol. The largest absolute Gasteiger partial charge is 0.465 e. The maximum Gasteiger partial charge on any atom is 0.339 e. The molecule has 150 valence electrons. The van der Waals surface area contributed by atoms with Gasteiger partial charge in [-0.2, -0.15) is 0 Å². The zero-order valence-corrected chi connectivity index (χ0v) is 16.8. The van der Waals surface area contributed by atoms with Crippen LogP contribution < -0.4 is 0 Å². The molecule has 0 aromatic heterocycles. The number of halogens is 1. The van der Waals surface area contributed by atoms with Gasteiger partial charge >= 0.3 is 5.97 Å². The molecular formula is C24H17FO4S. The van der Waals surface area contributed by atoms with Crippen molar-refractivity contribution < 1.29 is 22.3 Å². The van der Waals surface area contributed by atoms with E-state index in [-0.39, 0.29) is 21.2 Å². The SMILES string of the molecule is COC(=O)c1ccccc1S(=O)(=O)c1ccc2cc(-c3ccc(F)cc3)ccc2c1. The number of hydrogen-bond donors (Lipinski definition) is 0. The lowest BCUT2D eigenvalue weighted by atomic mass is 10.0. The average molecular weight is 420 g/mol. The third-order valence-corrected chi connectivity index (χ3v) is 6.69. The van der Waals surface area contributed by atoms with Crippen LogP contribution in [0.5, 0.6) is 0 Å². The van der Waals surface area contributed by atoms with Gasteiger partial charge in [-0.3, -0.25) is 0 Å². The zero-order valence-electron chi connectivity index (χ0n) is 16.0. The Labute approximate surface area is 173 Å². The van der Waals surface area contributed by atoms with Crippen LogP contribution in [-0.2, 0) is 14.6 Å². The predicted molar refractivity (Wildman–Crippen MR) is 113 cm³/mol. The first kappa shape index (κ1) is 19.8. The van der Waals surface area contributed by atoms with Crippen molar-refractivity contribution in [3.05, 3.63) is 96.3 Å². The molecule has 30 heavy (non-hydrogen) atoms. The van der Waals surface area contributed by atoms with Gasteiger partial charge < -0.3 is 4.74 Å². The highest BCUT2D eigenvalue weighted by Crippen LogP contribution is 2.30. The molecule has 0 radical (unpaired) electrons. The van der Waals surface area contributed by atoms with Crippen LogP contribution in [0.4, 0.5) is 4.39 Å². The fourth-order valence-electron chi connectivity index (χ4n) is 3.32. The summed E-state index contributed by atoms with van der Waals surface area (Å²) >= 11 is 0. The van der Waals surface area contributed by atoms with Gasteiger partial charge in [0.05, 0.1) is 22.5 Å². The number of rotatable bonds is 4. The zero-order chi connectivity index (χ0) is 21.3. The minimum absolute atomic E-state index is 0.00763. The Kier molecular flexibility index (Phi) is 5.10. The monoisotopic (exact) mass is 420 g/mol. The van der Waals surface area contributed by atoms with Gasteiger partial charge in [0.15, 0.2) is 0 Å². The number of carbonyl (C=O) groups is 1. The molecule has 0 heterocycles. The Morgan fingerprint density at radius 3 is 2.17 bits per heavy atom. The van der Waals surface area contributed by atoms with E-state index in [0.29, 0.717) is 0 Å². The summed E-state index contributed by atoms with van der Waals surface area (Å²) in [5.74, 6) is -1.01. The Balaban J connectivity index is 1.78. The first-order valence-corrected chi connectivity index (χ1v) is 10.6. The van der Waals surface area contributed by atoms with E-state index in [1.165, 1.54) is 37.4 Å². The van der Waals surface area contributed by atoms with Crippen LogP contribution in [0.2, 0.25) is 0 Å². The molecule has 0 unspecified atom stereocenters. The van der Waals surface area contributed by atoms with E-state index < -0.39 is 15.8 Å². The summed E-state index contributed by atoms with van der Waals surface area (Å²) in [6.45, 7) is 0. The van der Waals surface area contributed by atoms with E-state index in [9.17, 15) is 17.6 Å². The lowest BCUT2D eigenvalue weighted by Crippen LogP contribution is -2.11. The fourth-order valence-corrected chi connectivity index (χ4v) is 4.80. The number of hydrogen-bond acceptors (Lipinski definition) is 4. The molecule has 4 rings (SSSR count). The average Bonchev–Trinajstić information content (AvgIpc) is 2.78. The quantitative estimate of drug-likeness (QED) is 0.422. The van der Waals surface area contributed by atoms with Crippen LogP contribution in [0.3, 0.4) is 0 Å². The number of sulfone groups is 1. The molecule has 0 saturated carbocycles. The summed E-state index contributed by atoms with van der Waals surface area (Å²) < 4.78 is 44.3. The van der Waals surface area contributed by atoms with Crippen molar-refractivity contribution in [2.24, 2.45) is 0 Å². The molecule has 0 atom stereocenters. The molecule has 0 N–H and O–H groups in total. The van der Waals surface area contributed by atoms with Gasteiger partial charge in [-0.15, -0.1) is 0 Å². The van der Waals surface area contributed by atoms with Gasteiger partial charge in [-0.05, 0) is 64.4 Å². The van der Waals surface area contributed by atoms with E-state index in [1.807, 2.05) is 18.2 Å². The molecule has 0 saturated heterocycles. The molecule has 0 fully saturated rings. The first-order chi connectivity index (χ1) is 14.4. The summed E-state index contributed by atoms with van der Waals surface area (Å²) in [6, 6.07) is 22.6. The van der Waals surface area contributed by atoms with Crippen molar-refractivity contribution in [3.8, 4) is 11.1 Å². The van der Waals surface area contributed by atoms with Gasteiger partial charge in [-0.25, -0.2) is 17.6 Å². The van der Waals surface area contributed by atoms with E-state index in [2.05, 4.69) is 0 Å². The highest BCUT2D eigenvalue weighted by molar-refractivity contribution is 7.91. The molecule has 6 heteroatoms. The second-order valence-corrected chi connectivity index (χ2v) is 8.64. The first-order valence-electron chi connectivity index (χ1n) is 9.12. The number of ether oxygens (including phenoxy) is 1. The van der Waals surface area contributed by atoms with Crippen molar-refractivity contribution >= 4 is 26.6 Å². The summed E-state index contributed by atoms with van der Waals surface area (Å²) in [4.78, 5) is 12.0. The summed E-state index contributed by atoms with van der Waals surface area (Å²) in [6.07, 6.45) is 0. The number of benzene rings is 4. The topological polar surface area (TPSA) is 60.4 Å². The minimum atomic E-state index is -3.93. The van der Waals surface area contributed by atoms with Crippen LogP contribution in [0.15, 0.2) is 94.7 Å². The highest BCUT2D eigenvalue weighted by Gasteiger charge is 2.24. The third kappa shape index (κ3) is 3.57. The van der Waals surface area contributed by atoms with Gasteiger partial charge in [0.2, 0.25) is 9.84 Å². The maximum atomic E-state index is 13.2. The van der Waals surface area contributed by atoms with Crippen molar-refractivity contribution in [1.82, 2.24) is 0 Å². The second kappa shape index (κ2) is 7.72. The smallest absolute Gasteiger partial charge is 0.339 e. The van der Waals surface area contributed by atoms with E-state index >= 15 is 0 Å². The van der Waals surface area contributed by atoms with Crippen molar-refractivity contribution in [2.45, 2.75) is 9.79 Å². The number of esters is 1. The van der Waals surface area contributed by atoms with Crippen LogP contribution in [-0.4, -0.2) is 21.5 Å². The Bertz CT molecular complexity index is 1360. The highest BCUT2D eigenvalue weighted by atomic mass is 32.2. The number of fused-ring (bicyclic) bond motifs is 1. The van der Waals surface area contributed by atoms with Crippen molar-refractivity contribution in [1.29, 1.82) is 0 Å². The Morgan fingerprint density at radius 1 is 0.800 bits per heavy atom. The predicted octanol–water partition coefficient (Wildman–Crippen LogP) is 5.27. The van der Waals surface area contributed by atoms with Crippen LogP contribution in [0.25, 0.3) is 21.9 Å². The lowest BCUT2D eigenvalue weighted by molar-refractivity contribution is 0.0596. The van der Waals surface area contributed by atoms with Gasteiger partial charge in [-0.1, -0.05) is 42.5 Å². The van der Waals surface area contributed by atoms with Crippen LogP contribution in [0.1, 0.15) is 10.4 Å². The molecule has 0 bridgehead atoms. The standard InChI is InChI=1S/C24H17FO4S/c1-29-24(26)22-4-2-3-5-23(22)30(27,28)21-13-10-18-14-17(6-7-19(18)15-21)16-8-11-20(25)12-9-16/h2-15H,1H3. The van der Waals surface area contributed by atoms with E-state index in [4.69, 9.17) is 4.74 Å².